The summed E-state index contributed by atoms with van der Waals surface area (Å²) in [5.74, 6) is -1.38. The van der Waals surface area contributed by atoms with E-state index in [1.807, 2.05) is 30.3 Å². The molecule has 1 atom stereocenters. The Labute approximate surface area is 212 Å². The summed E-state index contributed by atoms with van der Waals surface area (Å²) in [4.78, 5) is 43.7. The number of esters is 1. The van der Waals surface area contributed by atoms with Gasteiger partial charge in [-0.1, -0.05) is 42.1 Å². The molecule has 1 aliphatic rings. The summed E-state index contributed by atoms with van der Waals surface area (Å²) in [5, 5.41) is 2.59. The van der Waals surface area contributed by atoms with Gasteiger partial charge >= 0.3 is 5.97 Å². The lowest BCUT2D eigenvalue weighted by Gasteiger charge is -2.16. The number of nitrogens with zero attached hydrogens (tertiary/aromatic N) is 2. The number of ether oxygens (including phenoxy) is 1. The second-order valence-electron chi connectivity index (χ2n) is 8.02. The molecule has 2 amide bonds. The summed E-state index contributed by atoms with van der Waals surface area (Å²) < 4.78 is 18.0. The lowest BCUT2D eigenvalue weighted by Crippen LogP contribution is -2.35. The maximum absolute atomic E-state index is 13.3. The molecule has 0 aromatic heterocycles. The smallest absolute Gasteiger partial charge is 0.337 e. The highest BCUT2D eigenvalue weighted by Crippen LogP contribution is 2.32. The van der Waals surface area contributed by atoms with Gasteiger partial charge in [0.05, 0.1) is 18.4 Å². The molecule has 0 aliphatic carbocycles. The first kappa shape index (κ1) is 25.1. The summed E-state index contributed by atoms with van der Waals surface area (Å²) in [6.07, 6.45) is 0.577. The van der Waals surface area contributed by atoms with E-state index >= 15 is 0 Å². The van der Waals surface area contributed by atoms with Crippen LogP contribution in [0.15, 0.2) is 83.9 Å². The largest absolute Gasteiger partial charge is 0.465 e. The van der Waals surface area contributed by atoms with Gasteiger partial charge in [0.15, 0.2) is 5.17 Å². The van der Waals surface area contributed by atoms with E-state index in [2.05, 4.69) is 15.0 Å². The normalized spacial score (nSPS) is 16.3. The van der Waals surface area contributed by atoms with Crippen molar-refractivity contribution in [2.75, 3.05) is 19.0 Å². The zero-order valence-electron chi connectivity index (χ0n) is 19.5. The Morgan fingerprint density at radius 2 is 1.72 bits per heavy atom. The Hall–Kier alpha value is -3.98. The third-order valence-corrected chi connectivity index (χ3v) is 6.67. The number of thioether (sulfide) groups is 1. The first-order valence-corrected chi connectivity index (χ1v) is 12.2. The van der Waals surface area contributed by atoms with Crippen molar-refractivity contribution in [3.05, 3.63) is 95.8 Å². The minimum atomic E-state index is -0.644. The molecule has 0 spiro atoms. The number of hydrogen-bond acceptors (Lipinski definition) is 6. The molecule has 1 heterocycles. The van der Waals surface area contributed by atoms with Crippen LogP contribution in [0.3, 0.4) is 0 Å². The van der Waals surface area contributed by atoms with Crippen LogP contribution in [0.2, 0.25) is 0 Å². The van der Waals surface area contributed by atoms with Crippen molar-refractivity contribution < 1.29 is 23.5 Å². The highest BCUT2D eigenvalue weighted by atomic mass is 32.2. The van der Waals surface area contributed by atoms with Gasteiger partial charge < -0.3 is 10.1 Å². The molecule has 184 valence electrons. The minimum Gasteiger partial charge on any atom is -0.465 e. The number of benzene rings is 3. The quantitative estimate of drug-likeness (QED) is 0.444. The fraction of sp³-hybridized carbons (Fsp3) is 0.185. The number of rotatable bonds is 8. The van der Waals surface area contributed by atoms with Crippen LogP contribution in [-0.2, 0) is 20.7 Å². The van der Waals surface area contributed by atoms with E-state index in [1.54, 1.807) is 41.3 Å². The number of amidine groups is 1. The standard InChI is InChI=1S/C27H24FN3O4S/c1-35-26(34)19-7-11-21(12-8-19)29-24(32)17-23-25(33)31(16-15-18-5-3-2-4-6-18)27(36-23)30-22-13-9-20(28)10-14-22/h2-14,23H,15-17H2,1H3,(H,29,32)/t23-/m0/s1. The molecule has 7 nitrogen and oxygen atoms in total. The van der Waals surface area contributed by atoms with E-state index in [0.29, 0.717) is 35.1 Å². The van der Waals surface area contributed by atoms with Crippen molar-refractivity contribution in [3.63, 3.8) is 0 Å². The van der Waals surface area contributed by atoms with Crippen molar-refractivity contribution >= 4 is 46.1 Å². The molecule has 3 aromatic carbocycles. The van der Waals surface area contributed by atoms with Crippen molar-refractivity contribution in [1.29, 1.82) is 0 Å². The van der Waals surface area contributed by atoms with E-state index in [9.17, 15) is 18.8 Å². The maximum atomic E-state index is 13.3. The van der Waals surface area contributed by atoms with Crippen molar-refractivity contribution in [1.82, 2.24) is 4.90 Å². The van der Waals surface area contributed by atoms with Gasteiger partial charge in [-0.25, -0.2) is 14.2 Å². The molecule has 0 radical (unpaired) electrons. The molecule has 1 aliphatic heterocycles. The van der Waals surface area contributed by atoms with Crippen molar-refractivity contribution in [2.45, 2.75) is 18.1 Å². The number of halogens is 1. The van der Waals surface area contributed by atoms with Crippen LogP contribution >= 0.6 is 11.8 Å². The number of aliphatic imine (C=N–C) groups is 1. The van der Waals surface area contributed by atoms with Crippen LogP contribution in [-0.4, -0.2) is 46.8 Å². The molecule has 0 bridgehead atoms. The number of anilines is 1. The number of carbonyl (C=O) groups is 3. The van der Waals surface area contributed by atoms with Gasteiger partial charge in [-0.05, 0) is 60.5 Å². The second kappa shape index (κ2) is 11.6. The molecule has 1 fully saturated rings. The molecular weight excluding hydrogens is 481 g/mol. The third kappa shape index (κ3) is 6.37. The van der Waals surface area contributed by atoms with E-state index in [1.165, 1.54) is 31.0 Å². The average Bonchev–Trinajstić information content (AvgIpc) is 3.17. The highest BCUT2D eigenvalue weighted by molar-refractivity contribution is 8.15. The molecule has 4 rings (SSSR count). The number of carbonyl (C=O) groups excluding carboxylic acids is 3. The van der Waals surface area contributed by atoms with Gasteiger partial charge in [0.25, 0.3) is 0 Å². The van der Waals surface area contributed by atoms with E-state index in [0.717, 1.165) is 5.56 Å². The number of methoxy groups -OCH3 is 1. The Morgan fingerprint density at radius 1 is 1.03 bits per heavy atom. The van der Waals surface area contributed by atoms with Crippen LogP contribution in [0.25, 0.3) is 0 Å². The molecule has 0 unspecified atom stereocenters. The van der Waals surface area contributed by atoms with Gasteiger partial charge in [0.2, 0.25) is 11.8 Å². The summed E-state index contributed by atoms with van der Waals surface area (Å²) >= 11 is 1.22. The zero-order chi connectivity index (χ0) is 25.5. The topological polar surface area (TPSA) is 88.1 Å². The fourth-order valence-electron chi connectivity index (χ4n) is 3.63. The summed E-state index contributed by atoms with van der Waals surface area (Å²) in [6.45, 7) is 0.406. The van der Waals surface area contributed by atoms with E-state index in [-0.39, 0.29) is 24.1 Å². The number of amides is 2. The lowest BCUT2D eigenvalue weighted by molar-refractivity contribution is -0.128. The van der Waals surface area contributed by atoms with E-state index in [4.69, 9.17) is 0 Å². The highest BCUT2D eigenvalue weighted by Gasteiger charge is 2.39. The van der Waals surface area contributed by atoms with Gasteiger partial charge in [-0.2, -0.15) is 0 Å². The minimum absolute atomic E-state index is 0.0491. The molecular formula is C27H24FN3O4S. The predicted octanol–water partition coefficient (Wildman–Crippen LogP) is 4.82. The SMILES string of the molecule is COC(=O)c1ccc(NC(=O)C[C@@H]2SC(=Nc3ccc(F)cc3)N(CCc3ccccc3)C2=O)cc1. The zero-order valence-corrected chi connectivity index (χ0v) is 20.3. The van der Waals surface area contributed by atoms with Crippen LogP contribution in [0.1, 0.15) is 22.3 Å². The van der Waals surface area contributed by atoms with Crippen LogP contribution in [0.4, 0.5) is 15.8 Å². The van der Waals surface area contributed by atoms with E-state index < -0.39 is 11.2 Å². The Morgan fingerprint density at radius 3 is 2.39 bits per heavy atom. The van der Waals surface area contributed by atoms with Gasteiger partial charge in [0, 0.05) is 18.7 Å². The molecule has 36 heavy (non-hydrogen) atoms. The lowest BCUT2D eigenvalue weighted by atomic mass is 10.1. The van der Waals surface area contributed by atoms with Gasteiger partial charge in [-0.3, -0.25) is 14.5 Å². The Balaban J connectivity index is 1.46. The van der Waals surface area contributed by atoms with Gasteiger partial charge in [-0.15, -0.1) is 0 Å². The van der Waals surface area contributed by atoms with Crippen LogP contribution < -0.4 is 5.32 Å². The maximum Gasteiger partial charge on any atom is 0.337 e. The molecule has 1 N–H and O–H groups in total. The molecule has 3 aromatic rings. The average molecular weight is 506 g/mol. The molecule has 0 saturated carbocycles. The van der Waals surface area contributed by atoms with Gasteiger partial charge in [0.1, 0.15) is 11.1 Å². The fourth-order valence-corrected chi connectivity index (χ4v) is 4.81. The summed E-state index contributed by atoms with van der Waals surface area (Å²) in [5.41, 5.74) is 2.47. The van der Waals surface area contributed by atoms with Crippen LogP contribution in [0, 0.1) is 5.82 Å². The monoisotopic (exact) mass is 505 g/mol. The number of nitrogens with one attached hydrogen (secondary N) is 1. The Bertz CT molecular complexity index is 1260. The van der Waals surface area contributed by atoms with Crippen LogP contribution in [0.5, 0.6) is 0 Å². The molecule has 1 saturated heterocycles. The van der Waals surface area contributed by atoms with Crippen molar-refractivity contribution in [3.8, 4) is 0 Å². The molecule has 9 heteroatoms. The first-order chi connectivity index (χ1) is 17.4. The number of hydrogen-bond donors (Lipinski definition) is 1. The predicted molar refractivity (Wildman–Crippen MR) is 138 cm³/mol. The Kier molecular flexibility index (Phi) is 8.12. The third-order valence-electron chi connectivity index (χ3n) is 5.50. The van der Waals surface area contributed by atoms with Crippen molar-refractivity contribution in [2.24, 2.45) is 4.99 Å². The first-order valence-electron chi connectivity index (χ1n) is 11.3. The summed E-state index contributed by atoms with van der Waals surface area (Å²) in [7, 11) is 1.30. The second-order valence-corrected chi connectivity index (χ2v) is 9.19. The summed E-state index contributed by atoms with van der Waals surface area (Å²) in [6, 6.07) is 21.8.